The number of ether oxygens (including phenoxy) is 1. The predicted molar refractivity (Wildman–Crippen MR) is 88.7 cm³/mol. The van der Waals surface area contributed by atoms with E-state index < -0.39 is 0 Å². The molecule has 5 heteroatoms. The molecule has 22 heavy (non-hydrogen) atoms. The third-order valence-corrected chi connectivity index (χ3v) is 4.17. The fourth-order valence-electron chi connectivity index (χ4n) is 2.53. The molecular weight excluding hydrogens is 294 g/mol. The van der Waals surface area contributed by atoms with Crippen molar-refractivity contribution < 1.29 is 4.74 Å². The van der Waals surface area contributed by atoms with Crippen LogP contribution in [0.1, 0.15) is 0 Å². The van der Waals surface area contributed by atoms with E-state index >= 15 is 0 Å². The van der Waals surface area contributed by atoms with E-state index in [1.807, 2.05) is 54.0 Å². The molecule has 4 rings (SSSR count). The molecule has 0 aliphatic heterocycles. The van der Waals surface area contributed by atoms with Gasteiger partial charge in [-0.15, -0.1) is 0 Å². The highest BCUT2D eigenvalue weighted by atomic mass is 32.1. The van der Waals surface area contributed by atoms with Crippen molar-refractivity contribution in [2.45, 2.75) is 0 Å². The molecule has 0 amide bonds. The van der Waals surface area contributed by atoms with Gasteiger partial charge in [-0.05, 0) is 47.9 Å². The molecule has 0 bridgehead atoms. The van der Waals surface area contributed by atoms with Gasteiger partial charge in [0, 0.05) is 16.6 Å². The molecule has 0 N–H and O–H groups in total. The summed E-state index contributed by atoms with van der Waals surface area (Å²) in [7, 11) is 1.67. The second-order valence-corrected chi connectivity index (χ2v) is 5.53. The van der Waals surface area contributed by atoms with Crippen LogP contribution in [0.15, 0.2) is 60.1 Å². The number of nitrogens with zero attached hydrogens (tertiary/aromatic N) is 3. The first kappa shape index (κ1) is 13.0. The third-order valence-electron chi connectivity index (χ3n) is 3.58. The van der Waals surface area contributed by atoms with Crippen LogP contribution in [0, 0.1) is 0 Å². The summed E-state index contributed by atoms with van der Waals surface area (Å²) in [6.07, 6.45) is 1.85. The lowest BCUT2D eigenvalue weighted by molar-refractivity contribution is 0.415. The van der Waals surface area contributed by atoms with E-state index in [1.165, 1.54) is 11.5 Å². The van der Waals surface area contributed by atoms with Crippen LogP contribution in [-0.4, -0.2) is 21.0 Å². The van der Waals surface area contributed by atoms with Crippen LogP contribution in [0.5, 0.6) is 5.75 Å². The molecule has 0 aliphatic carbocycles. The smallest absolute Gasteiger partial charge is 0.148 e. The lowest BCUT2D eigenvalue weighted by Crippen LogP contribution is -1.97. The monoisotopic (exact) mass is 307 g/mol. The number of rotatable bonds is 3. The highest BCUT2D eigenvalue weighted by Crippen LogP contribution is 2.29. The van der Waals surface area contributed by atoms with E-state index in [0.29, 0.717) is 0 Å². The van der Waals surface area contributed by atoms with E-state index in [-0.39, 0.29) is 0 Å². The highest BCUT2D eigenvalue weighted by Gasteiger charge is 2.14. The van der Waals surface area contributed by atoms with Gasteiger partial charge in [0.1, 0.15) is 11.6 Å². The van der Waals surface area contributed by atoms with Crippen molar-refractivity contribution in [1.82, 2.24) is 13.9 Å². The minimum atomic E-state index is 0.840. The summed E-state index contributed by atoms with van der Waals surface area (Å²) in [5.74, 6) is 1.74. The van der Waals surface area contributed by atoms with E-state index in [0.717, 1.165) is 33.9 Å². The molecule has 0 aliphatic rings. The topological polar surface area (TPSA) is 39.9 Å². The van der Waals surface area contributed by atoms with Crippen molar-refractivity contribution in [3.63, 3.8) is 0 Å². The Hall–Kier alpha value is -2.66. The number of para-hydroxylation sites is 2. The minimum Gasteiger partial charge on any atom is -0.497 e. The minimum absolute atomic E-state index is 0.840. The average Bonchev–Trinajstić information content (AvgIpc) is 3.22. The summed E-state index contributed by atoms with van der Waals surface area (Å²) in [6, 6.07) is 16.1. The van der Waals surface area contributed by atoms with Crippen LogP contribution in [0.4, 0.5) is 0 Å². The molecule has 0 radical (unpaired) electrons. The van der Waals surface area contributed by atoms with E-state index in [1.54, 1.807) is 7.11 Å². The molecule has 0 spiro atoms. The molecule has 4 aromatic rings. The van der Waals surface area contributed by atoms with Gasteiger partial charge in [0.05, 0.1) is 24.3 Å². The van der Waals surface area contributed by atoms with Crippen molar-refractivity contribution in [2.24, 2.45) is 0 Å². The zero-order chi connectivity index (χ0) is 14.9. The molecule has 0 saturated heterocycles. The zero-order valence-corrected chi connectivity index (χ0v) is 12.7. The third kappa shape index (κ3) is 2.07. The largest absolute Gasteiger partial charge is 0.497 e. The van der Waals surface area contributed by atoms with Crippen LogP contribution in [0.2, 0.25) is 0 Å². The predicted octanol–water partition coefficient (Wildman–Crippen LogP) is 4.16. The van der Waals surface area contributed by atoms with Gasteiger partial charge in [-0.1, -0.05) is 12.1 Å². The Morgan fingerprint density at radius 2 is 1.86 bits per heavy atom. The summed E-state index contributed by atoms with van der Waals surface area (Å²) in [4.78, 5) is 4.77. The van der Waals surface area contributed by atoms with Gasteiger partial charge in [-0.2, -0.15) is 0 Å². The number of methoxy groups -OCH3 is 1. The van der Waals surface area contributed by atoms with Crippen molar-refractivity contribution in [1.29, 1.82) is 0 Å². The molecular formula is C17H13N3OS. The van der Waals surface area contributed by atoms with Crippen LogP contribution in [0.3, 0.4) is 0 Å². The standard InChI is InChI=1S/C17H13N3OS/c1-21-14-8-6-13(7-9-14)20-16-5-3-2-4-15(16)19-17(20)12-10-18-22-11-12/h2-11H,1H3. The molecule has 0 fully saturated rings. The number of hydrogen-bond donors (Lipinski definition) is 0. The molecule has 2 heterocycles. The zero-order valence-electron chi connectivity index (χ0n) is 11.9. The maximum atomic E-state index is 5.24. The Kier molecular flexibility index (Phi) is 3.12. The van der Waals surface area contributed by atoms with Gasteiger partial charge in [0.15, 0.2) is 0 Å². The maximum absolute atomic E-state index is 5.24. The molecule has 108 valence electrons. The maximum Gasteiger partial charge on any atom is 0.148 e. The van der Waals surface area contributed by atoms with Crippen molar-refractivity contribution in [3.05, 3.63) is 60.1 Å². The summed E-state index contributed by atoms with van der Waals surface area (Å²) >= 11 is 1.43. The second-order valence-electron chi connectivity index (χ2n) is 4.87. The number of hydrogen-bond acceptors (Lipinski definition) is 4. The molecule has 0 atom stereocenters. The van der Waals surface area contributed by atoms with Gasteiger partial charge >= 0.3 is 0 Å². The van der Waals surface area contributed by atoms with E-state index in [4.69, 9.17) is 9.72 Å². The lowest BCUT2D eigenvalue weighted by Gasteiger charge is -2.09. The fourth-order valence-corrected chi connectivity index (χ4v) is 3.04. The molecule has 0 unspecified atom stereocenters. The van der Waals surface area contributed by atoms with Crippen LogP contribution in [0.25, 0.3) is 28.1 Å². The Morgan fingerprint density at radius 3 is 2.59 bits per heavy atom. The van der Waals surface area contributed by atoms with E-state index in [2.05, 4.69) is 15.0 Å². The Morgan fingerprint density at radius 1 is 1.05 bits per heavy atom. The van der Waals surface area contributed by atoms with Crippen molar-refractivity contribution in [2.75, 3.05) is 7.11 Å². The summed E-state index contributed by atoms with van der Waals surface area (Å²) in [5, 5.41) is 2.02. The molecule has 2 aromatic heterocycles. The Labute approximate surface area is 131 Å². The number of imidazole rings is 1. The molecule has 0 saturated carbocycles. The Balaban J connectivity index is 1.99. The van der Waals surface area contributed by atoms with Gasteiger partial charge in [0.25, 0.3) is 0 Å². The first-order chi connectivity index (χ1) is 10.9. The lowest BCUT2D eigenvalue weighted by atomic mass is 10.2. The summed E-state index contributed by atoms with van der Waals surface area (Å²) < 4.78 is 11.6. The average molecular weight is 307 g/mol. The fraction of sp³-hybridized carbons (Fsp3) is 0.0588. The quantitative estimate of drug-likeness (QED) is 0.570. The van der Waals surface area contributed by atoms with Crippen LogP contribution >= 0.6 is 11.5 Å². The highest BCUT2D eigenvalue weighted by molar-refractivity contribution is 7.03. The SMILES string of the molecule is COc1ccc(-n2c(-c3cnsc3)nc3ccccc32)cc1. The number of benzene rings is 2. The Bertz CT molecular complexity index is 911. The second kappa shape index (κ2) is 5.27. The number of fused-ring (bicyclic) bond motifs is 1. The summed E-state index contributed by atoms with van der Waals surface area (Å²) in [6.45, 7) is 0. The van der Waals surface area contributed by atoms with Crippen molar-refractivity contribution >= 4 is 22.6 Å². The summed E-state index contributed by atoms with van der Waals surface area (Å²) in [5.41, 5.74) is 4.13. The van der Waals surface area contributed by atoms with Gasteiger partial charge in [0.2, 0.25) is 0 Å². The van der Waals surface area contributed by atoms with Gasteiger partial charge in [-0.3, -0.25) is 4.57 Å². The van der Waals surface area contributed by atoms with Gasteiger partial charge < -0.3 is 4.74 Å². The first-order valence-corrected chi connectivity index (χ1v) is 7.72. The normalized spacial score (nSPS) is 11.0. The molecule has 4 nitrogen and oxygen atoms in total. The van der Waals surface area contributed by atoms with Gasteiger partial charge in [-0.25, -0.2) is 9.36 Å². The number of aromatic nitrogens is 3. The molecule has 2 aromatic carbocycles. The van der Waals surface area contributed by atoms with E-state index in [9.17, 15) is 0 Å². The van der Waals surface area contributed by atoms with Crippen LogP contribution in [-0.2, 0) is 0 Å². The first-order valence-electron chi connectivity index (χ1n) is 6.88. The van der Waals surface area contributed by atoms with Crippen LogP contribution < -0.4 is 4.74 Å². The van der Waals surface area contributed by atoms with Crippen molar-refractivity contribution in [3.8, 4) is 22.8 Å².